The fourth-order valence-electron chi connectivity index (χ4n) is 2.47. The van der Waals surface area contributed by atoms with Crippen molar-refractivity contribution in [3.8, 4) is 0 Å². The number of aryl methyl sites for hydroxylation is 2. The van der Waals surface area contributed by atoms with Crippen molar-refractivity contribution in [3.05, 3.63) is 28.7 Å². The third-order valence-electron chi connectivity index (χ3n) is 3.77. The largest absolute Gasteiger partial charge is 0.381 e. The van der Waals surface area contributed by atoms with Gasteiger partial charge >= 0.3 is 0 Å². The van der Waals surface area contributed by atoms with Crippen molar-refractivity contribution < 1.29 is 9.26 Å². The Morgan fingerprint density at radius 3 is 2.84 bits per heavy atom. The predicted octanol–water partition coefficient (Wildman–Crippen LogP) is 1.51. The Balaban J connectivity index is 1.80. The van der Waals surface area contributed by atoms with E-state index in [1.807, 2.05) is 18.7 Å². The van der Waals surface area contributed by atoms with E-state index in [1.165, 1.54) is 5.56 Å². The summed E-state index contributed by atoms with van der Waals surface area (Å²) in [6.07, 6.45) is 1.62. The molecule has 1 aliphatic rings. The van der Waals surface area contributed by atoms with Crippen molar-refractivity contribution in [1.29, 1.82) is 0 Å². The fraction of sp³-hybridized carbons (Fsp3) is 0.615. The van der Waals surface area contributed by atoms with E-state index in [2.05, 4.69) is 22.2 Å². The van der Waals surface area contributed by atoms with Crippen LogP contribution in [-0.2, 0) is 18.2 Å². The second kappa shape index (κ2) is 4.77. The second-order valence-corrected chi connectivity index (χ2v) is 5.06. The highest BCUT2D eigenvalue weighted by Gasteiger charge is 2.23. The summed E-state index contributed by atoms with van der Waals surface area (Å²) in [5.74, 6) is 1.71. The van der Waals surface area contributed by atoms with Crippen LogP contribution in [0.2, 0.25) is 0 Å². The van der Waals surface area contributed by atoms with Gasteiger partial charge in [-0.2, -0.15) is 10.1 Å². The van der Waals surface area contributed by atoms with Crippen LogP contribution in [-0.4, -0.2) is 33.1 Å². The molecule has 0 aromatic carbocycles. The molecular weight excluding hydrogens is 244 g/mol. The molecule has 0 bridgehead atoms. The Morgan fingerprint density at radius 2 is 2.21 bits per heavy atom. The molecular formula is C13H18N4O2. The molecule has 2 aromatic heterocycles. The molecule has 3 heterocycles. The van der Waals surface area contributed by atoms with Gasteiger partial charge in [-0.3, -0.25) is 4.68 Å². The smallest absolute Gasteiger partial charge is 0.231 e. The van der Waals surface area contributed by atoms with Crippen LogP contribution in [0.25, 0.3) is 0 Å². The molecule has 1 saturated heterocycles. The third-order valence-corrected chi connectivity index (χ3v) is 3.77. The number of aromatic nitrogens is 4. The molecule has 0 radical (unpaired) electrons. The zero-order chi connectivity index (χ0) is 13.4. The van der Waals surface area contributed by atoms with Gasteiger partial charge in [0, 0.05) is 30.8 Å². The van der Waals surface area contributed by atoms with Gasteiger partial charge in [-0.05, 0) is 20.3 Å². The van der Waals surface area contributed by atoms with E-state index < -0.39 is 0 Å². The SMILES string of the molecule is Cc1nn(C)c(C)c1Cc1nc([C@@H]2CCOC2)no1. The first-order chi connectivity index (χ1) is 9.15. The lowest BCUT2D eigenvalue weighted by Crippen LogP contribution is -2.00. The van der Waals surface area contributed by atoms with Gasteiger partial charge in [0.25, 0.3) is 0 Å². The normalized spacial score (nSPS) is 19.2. The zero-order valence-corrected chi connectivity index (χ0v) is 11.5. The average molecular weight is 262 g/mol. The first-order valence-electron chi connectivity index (χ1n) is 6.54. The summed E-state index contributed by atoms with van der Waals surface area (Å²) in [4.78, 5) is 4.48. The number of hydrogen-bond acceptors (Lipinski definition) is 5. The van der Waals surface area contributed by atoms with Crippen molar-refractivity contribution in [2.24, 2.45) is 7.05 Å². The maximum atomic E-state index is 5.35. The van der Waals surface area contributed by atoms with Crippen LogP contribution in [0.1, 0.15) is 41.0 Å². The number of rotatable bonds is 3. The summed E-state index contributed by atoms with van der Waals surface area (Å²) in [6.45, 7) is 5.54. The van der Waals surface area contributed by atoms with Gasteiger partial charge in [0.1, 0.15) is 0 Å². The molecule has 0 amide bonds. The van der Waals surface area contributed by atoms with E-state index in [4.69, 9.17) is 9.26 Å². The standard InChI is InChI=1S/C13H18N4O2/c1-8-11(9(2)17(3)15-8)6-12-14-13(16-19-12)10-4-5-18-7-10/h10H,4-7H2,1-3H3/t10-/m1/s1. The monoisotopic (exact) mass is 262 g/mol. The highest BCUT2D eigenvalue weighted by atomic mass is 16.5. The van der Waals surface area contributed by atoms with E-state index in [0.717, 1.165) is 30.2 Å². The fourth-order valence-corrected chi connectivity index (χ4v) is 2.47. The second-order valence-electron chi connectivity index (χ2n) is 5.06. The van der Waals surface area contributed by atoms with Crippen LogP contribution in [0, 0.1) is 13.8 Å². The Morgan fingerprint density at radius 1 is 1.37 bits per heavy atom. The van der Waals surface area contributed by atoms with Gasteiger partial charge < -0.3 is 9.26 Å². The molecule has 0 N–H and O–H groups in total. The van der Waals surface area contributed by atoms with Gasteiger partial charge in [-0.25, -0.2) is 0 Å². The molecule has 0 unspecified atom stereocenters. The quantitative estimate of drug-likeness (QED) is 0.839. The maximum absolute atomic E-state index is 5.35. The summed E-state index contributed by atoms with van der Waals surface area (Å²) in [5.41, 5.74) is 3.32. The van der Waals surface area contributed by atoms with Gasteiger partial charge in [-0.15, -0.1) is 0 Å². The molecule has 19 heavy (non-hydrogen) atoms. The van der Waals surface area contributed by atoms with Crippen molar-refractivity contribution in [2.45, 2.75) is 32.6 Å². The van der Waals surface area contributed by atoms with E-state index in [-0.39, 0.29) is 5.92 Å². The molecule has 1 aliphatic heterocycles. The molecule has 1 fully saturated rings. The lowest BCUT2D eigenvalue weighted by molar-refractivity contribution is 0.192. The minimum Gasteiger partial charge on any atom is -0.381 e. The first kappa shape index (κ1) is 12.3. The molecule has 1 atom stereocenters. The Bertz CT molecular complexity index is 581. The molecule has 2 aromatic rings. The van der Waals surface area contributed by atoms with E-state index in [0.29, 0.717) is 18.9 Å². The molecule has 0 aliphatic carbocycles. The van der Waals surface area contributed by atoms with Crippen LogP contribution in [0.3, 0.4) is 0 Å². The van der Waals surface area contributed by atoms with Crippen LogP contribution < -0.4 is 0 Å². The molecule has 6 nitrogen and oxygen atoms in total. The van der Waals surface area contributed by atoms with Crippen LogP contribution >= 0.6 is 0 Å². The van der Waals surface area contributed by atoms with Crippen LogP contribution in [0.15, 0.2) is 4.52 Å². The third kappa shape index (κ3) is 2.28. The molecule has 0 saturated carbocycles. The molecule has 3 rings (SSSR count). The zero-order valence-electron chi connectivity index (χ0n) is 11.5. The van der Waals surface area contributed by atoms with Gasteiger partial charge in [0.2, 0.25) is 5.89 Å². The maximum Gasteiger partial charge on any atom is 0.231 e. The number of ether oxygens (including phenoxy) is 1. The van der Waals surface area contributed by atoms with Crippen molar-refractivity contribution in [1.82, 2.24) is 19.9 Å². The van der Waals surface area contributed by atoms with E-state index in [9.17, 15) is 0 Å². The first-order valence-corrected chi connectivity index (χ1v) is 6.54. The highest BCUT2D eigenvalue weighted by Crippen LogP contribution is 2.23. The minimum absolute atomic E-state index is 0.286. The number of hydrogen-bond donors (Lipinski definition) is 0. The molecule has 6 heteroatoms. The topological polar surface area (TPSA) is 66.0 Å². The van der Waals surface area contributed by atoms with E-state index >= 15 is 0 Å². The summed E-state index contributed by atoms with van der Waals surface area (Å²) in [7, 11) is 1.95. The average Bonchev–Trinajstić information content (AvgIpc) is 3.08. The summed E-state index contributed by atoms with van der Waals surface area (Å²) < 4.78 is 12.6. The Kier molecular flexibility index (Phi) is 3.10. The van der Waals surface area contributed by atoms with Crippen LogP contribution in [0.5, 0.6) is 0 Å². The Hall–Kier alpha value is -1.69. The van der Waals surface area contributed by atoms with Crippen molar-refractivity contribution in [2.75, 3.05) is 13.2 Å². The van der Waals surface area contributed by atoms with Gasteiger partial charge in [0.05, 0.1) is 18.7 Å². The Labute approximate surface area is 111 Å². The van der Waals surface area contributed by atoms with Gasteiger partial charge in [0.15, 0.2) is 5.82 Å². The lowest BCUT2D eigenvalue weighted by Gasteiger charge is -1.98. The summed E-state index contributed by atoms with van der Waals surface area (Å²) in [6, 6.07) is 0. The summed E-state index contributed by atoms with van der Waals surface area (Å²) >= 11 is 0. The number of nitrogens with zero attached hydrogens (tertiary/aromatic N) is 4. The minimum atomic E-state index is 0.286. The molecule has 0 spiro atoms. The lowest BCUT2D eigenvalue weighted by atomic mass is 10.1. The van der Waals surface area contributed by atoms with Crippen molar-refractivity contribution in [3.63, 3.8) is 0 Å². The van der Waals surface area contributed by atoms with Crippen LogP contribution in [0.4, 0.5) is 0 Å². The van der Waals surface area contributed by atoms with Crippen molar-refractivity contribution >= 4 is 0 Å². The highest BCUT2D eigenvalue weighted by molar-refractivity contribution is 5.27. The summed E-state index contributed by atoms with van der Waals surface area (Å²) in [5, 5.41) is 8.47. The van der Waals surface area contributed by atoms with E-state index in [1.54, 1.807) is 0 Å². The molecule has 102 valence electrons. The van der Waals surface area contributed by atoms with Gasteiger partial charge in [-0.1, -0.05) is 5.16 Å². The predicted molar refractivity (Wildman–Crippen MR) is 68.0 cm³/mol.